The largest absolute Gasteiger partial charge is 0.468 e. The first-order chi connectivity index (χ1) is 9.51. The first-order valence-electron chi connectivity index (χ1n) is 5.70. The van der Waals surface area contributed by atoms with Gasteiger partial charge < -0.3 is 9.47 Å². The van der Waals surface area contributed by atoms with E-state index in [1.165, 1.54) is 0 Å². The molecule has 0 saturated heterocycles. The second-order valence-corrected chi connectivity index (χ2v) is 6.04. The number of hydrogen-bond acceptors (Lipinski definition) is 6. The average Bonchev–Trinajstić information content (AvgIpc) is 2.35. The maximum atomic E-state index is 12.0. The summed E-state index contributed by atoms with van der Waals surface area (Å²) in [5.74, 6) is -2.74. The van der Waals surface area contributed by atoms with Crippen molar-refractivity contribution in [1.82, 2.24) is 4.31 Å². The molecule has 0 unspecified atom stereocenters. The molecule has 0 aliphatic heterocycles. The number of alkyl halides is 3. The number of hydrogen-bond donors (Lipinski definition) is 0. The predicted molar refractivity (Wildman–Crippen MR) is 64.7 cm³/mol. The van der Waals surface area contributed by atoms with E-state index in [0.29, 0.717) is 4.31 Å². The highest BCUT2D eigenvalue weighted by Gasteiger charge is 2.31. The molecule has 0 bridgehead atoms. The summed E-state index contributed by atoms with van der Waals surface area (Å²) in [4.78, 5) is 22.2. The van der Waals surface area contributed by atoms with E-state index in [0.717, 1.165) is 14.2 Å². The van der Waals surface area contributed by atoms with E-state index in [1.807, 2.05) is 0 Å². The molecule has 0 radical (unpaired) electrons. The van der Waals surface area contributed by atoms with E-state index in [-0.39, 0.29) is 0 Å². The molecule has 124 valence electrons. The molecule has 0 spiro atoms. The lowest BCUT2D eigenvalue weighted by molar-refractivity contribution is -0.143. The van der Waals surface area contributed by atoms with Crippen molar-refractivity contribution in [3.8, 4) is 0 Å². The van der Waals surface area contributed by atoms with Gasteiger partial charge in [-0.3, -0.25) is 9.59 Å². The number of halogens is 3. The highest BCUT2D eigenvalue weighted by Crippen LogP contribution is 2.22. The summed E-state index contributed by atoms with van der Waals surface area (Å²) in [7, 11) is -2.21. The lowest BCUT2D eigenvalue weighted by atomic mass is 10.3. The Labute approximate surface area is 120 Å². The number of ether oxygens (including phenoxy) is 2. The molecule has 0 atom stereocenters. The summed E-state index contributed by atoms with van der Waals surface area (Å²) in [5.41, 5.74) is 0. The molecule has 21 heavy (non-hydrogen) atoms. The SMILES string of the molecule is COC(=O)CN(CC(=O)OC)S(=O)(=O)CCCC(F)(F)F. The van der Waals surface area contributed by atoms with Gasteiger partial charge in [0.2, 0.25) is 10.0 Å². The summed E-state index contributed by atoms with van der Waals surface area (Å²) < 4.78 is 68.7. The molecule has 0 saturated carbocycles. The Morgan fingerprint density at radius 2 is 1.48 bits per heavy atom. The summed E-state index contributed by atoms with van der Waals surface area (Å²) in [5, 5.41) is 0. The second-order valence-electron chi connectivity index (χ2n) is 3.96. The van der Waals surface area contributed by atoms with Gasteiger partial charge in [0.1, 0.15) is 13.1 Å². The van der Waals surface area contributed by atoms with E-state index in [2.05, 4.69) is 9.47 Å². The molecule has 11 heteroatoms. The van der Waals surface area contributed by atoms with E-state index < -0.39 is 59.8 Å². The van der Waals surface area contributed by atoms with Crippen molar-refractivity contribution in [2.75, 3.05) is 33.1 Å². The molecule has 0 rings (SSSR count). The Hall–Kier alpha value is -1.36. The number of carbonyl (C=O) groups is 2. The van der Waals surface area contributed by atoms with Crippen LogP contribution in [0.15, 0.2) is 0 Å². The van der Waals surface area contributed by atoms with Crippen LogP contribution in [0.25, 0.3) is 0 Å². The number of rotatable bonds is 8. The minimum Gasteiger partial charge on any atom is -0.468 e. The van der Waals surface area contributed by atoms with Crippen LogP contribution in [0.2, 0.25) is 0 Å². The standard InChI is InChI=1S/C10H16F3NO6S/c1-19-8(15)6-14(7-9(16)20-2)21(17,18)5-3-4-10(11,12)13/h3-7H2,1-2H3. The van der Waals surface area contributed by atoms with Crippen molar-refractivity contribution in [3.63, 3.8) is 0 Å². The fraction of sp³-hybridized carbons (Fsp3) is 0.800. The first-order valence-corrected chi connectivity index (χ1v) is 7.31. The quantitative estimate of drug-likeness (QED) is 0.593. The fourth-order valence-electron chi connectivity index (χ4n) is 1.25. The highest BCUT2D eigenvalue weighted by molar-refractivity contribution is 7.89. The van der Waals surface area contributed by atoms with Crippen molar-refractivity contribution in [3.05, 3.63) is 0 Å². The van der Waals surface area contributed by atoms with Crippen LogP contribution in [0.1, 0.15) is 12.8 Å². The van der Waals surface area contributed by atoms with Crippen LogP contribution in [-0.2, 0) is 29.1 Å². The molecule has 0 amide bonds. The Morgan fingerprint density at radius 1 is 1.05 bits per heavy atom. The van der Waals surface area contributed by atoms with Gasteiger partial charge in [-0.05, 0) is 6.42 Å². The zero-order valence-electron chi connectivity index (χ0n) is 11.5. The molecule has 0 heterocycles. The van der Waals surface area contributed by atoms with E-state index >= 15 is 0 Å². The molecule has 0 N–H and O–H groups in total. The van der Waals surface area contributed by atoms with E-state index in [4.69, 9.17) is 0 Å². The number of methoxy groups -OCH3 is 2. The number of esters is 2. The molecule has 0 aromatic carbocycles. The summed E-state index contributed by atoms with van der Waals surface area (Å²) in [6.45, 7) is -1.56. The van der Waals surface area contributed by atoms with Gasteiger partial charge in [0.25, 0.3) is 0 Å². The third-order valence-electron chi connectivity index (χ3n) is 2.32. The van der Waals surface area contributed by atoms with Crippen LogP contribution >= 0.6 is 0 Å². The third kappa shape index (κ3) is 8.50. The van der Waals surface area contributed by atoms with Crippen LogP contribution in [0.3, 0.4) is 0 Å². The fourth-order valence-corrected chi connectivity index (χ4v) is 2.63. The van der Waals surface area contributed by atoms with Crippen molar-refractivity contribution >= 4 is 22.0 Å². The monoisotopic (exact) mass is 335 g/mol. The minimum atomic E-state index is -4.48. The van der Waals surface area contributed by atoms with Crippen LogP contribution in [0.5, 0.6) is 0 Å². The topological polar surface area (TPSA) is 90.0 Å². The smallest absolute Gasteiger partial charge is 0.389 e. The number of carbonyl (C=O) groups excluding carboxylic acids is 2. The molecule has 0 aromatic rings. The van der Waals surface area contributed by atoms with Gasteiger partial charge in [-0.1, -0.05) is 0 Å². The van der Waals surface area contributed by atoms with Gasteiger partial charge >= 0.3 is 18.1 Å². The molecular weight excluding hydrogens is 319 g/mol. The Balaban J connectivity index is 4.85. The summed E-state index contributed by atoms with van der Waals surface area (Å²) in [6.07, 6.45) is -6.44. The van der Waals surface area contributed by atoms with Crippen LogP contribution in [0.4, 0.5) is 13.2 Å². The maximum absolute atomic E-state index is 12.0. The Kier molecular flexibility index (Phi) is 7.64. The van der Waals surface area contributed by atoms with Crippen LogP contribution < -0.4 is 0 Å². The second kappa shape index (κ2) is 8.17. The van der Waals surface area contributed by atoms with Crippen molar-refractivity contribution in [1.29, 1.82) is 0 Å². The zero-order chi connectivity index (χ0) is 16.7. The molecular formula is C10H16F3NO6S. The summed E-state index contributed by atoms with van der Waals surface area (Å²) in [6, 6.07) is 0. The van der Waals surface area contributed by atoms with Gasteiger partial charge in [-0.15, -0.1) is 0 Å². The molecule has 0 aliphatic carbocycles. The molecule has 0 aliphatic rings. The van der Waals surface area contributed by atoms with Crippen molar-refractivity contribution in [2.45, 2.75) is 19.0 Å². The Morgan fingerprint density at radius 3 is 1.81 bits per heavy atom. The van der Waals surface area contributed by atoms with Crippen molar-refractivity contribution in [2.24, 2.45) is 0 Å². The van der Waals surface area contributed by atoms with E-state index in [9.17, 15) is 31.2 Å². The molecule has 7 nitrogen and oxygen atoms in total. The Bertz CT molecular complexity index is 444. The molecule has 0 aromatic heterocycles. The zero-order valence-corrected chi connectivity index (χ0v) is 12.3. The normalized spacial score (nSPS) is 12.3. The van der Waals surface area contributed by atoms with Crippen LogP contribution in [0, 0.1) is 0 Å². The van der Waals surface area contributed by atoms with Gasteiger partial charge in [-0.25, -0.2) is 8.42 Å². The van der Waals surface area contributed by atoms with E-state index in [1.54, 1.807) is 0 Å². The predicted octanol–water partition coefficient (Wildman–Crippen LogP) is 0.307. The lowest BCUT2D eigenvalue weighted by Gasteiger charge is -2.19. The average molecular weight is 335 g/mol. The van der Waals surface area contributed by atoms with Gasteiger partial charge in [0, 0.05) is 6.42 Å². The minimum absolute atomic E-state index is 0.432. The summed E-state index contributed by atoms with van der Waals surface area (Å²) >= 11 is 0. The van der Waals surface area contributed by atoms with Gasteiger partial charge in [0.05, 0.1) is 20.0 Å². The lowest BCUT2D eigenvalue weighted by Crippen LogP contribution is -2.41. The van der Waals surface area contributed by atoms with Crippen molar-refractivity contribution < 1.29 is 40.7 Å². The number of nitrogens with zero attached hydrogens (tertiary/aromatic N) is 1. The van der Waals surface area contributed by atoms with Gasteiger partial charge in [-0.2, -0.15) is 17.5 Å². The first kappa shape index (κ1) is 19.6. The highest BCUT2D eigenvalue weighted by atomic mass is 32.2. The van der Waals surface area contributed by atoms with Crippen LogP contribution in [-0.4, -0.2) is 63.9 Å². The molecule has 0 fully saturated rings. The number of sulfonamides is 1. The third-order valence-corrected chi connectivity index (χ3v) is 4.17. The van der Waals surface area contributed by atoms with Gasteiger partial charge in [0.15, 0.2) is 0 Å². The maximum Gasteiger partial charge on any atom is 0.389 e.